The Balaban J connectivity index is 1.80. The lowest BCUT2D eigenvalue weighted by molar-refractivity contribution is 0.117. The van der Waals surface area contributed by atoms with Gasteiger partial charge in [-0.05, 0) is 55.3 Å². The highest BCUT2D eigenvalue weighted by Gasteiger charge is 2.07. The number of hydrogen-bond donors (Lipinski definition) is 2. The molecule has 4 heteroatoms. The van der Waals surface area contributed by atoms with E-state index in [0.717, 1.165) is 27.0 Å². The molecule has 1 atom stereocenters. The molecule has 0 aromatic heterocycles. The van der Waals surface area contributed by atoms with E-state index in [1.54, 1.807) is 0 Å². The maximum Gasteiger partial charge on any atom is 0.122 e. The van der Waals surface area contributed by atoms with Gasteiger partial charge in [0.05, 0.1) is 0 Å². The Morgan fingerprint density at radius 1 is 1.14 bits per heavy atom. The van der Waals surface area contributed by atoms with E-state index in [2.05, 4.69) is 21.2 Å². The van der Waals surface area contributed by atoms with E-state index in [1.807, 2.05) is 56.3 Å². The summed E-state index contributed by atoms with van der Waals surface area (Å²) in [5.74, 6) is 0.831. The smallest absolute Gasteiger partial charge is 0.122 e. The van der Waals surface area contributed by atoms with E-state index in [9.17, 15) is 5.11 Å². The van der Waals surface area contributed by atoms with Crippen LogP contribution in [0.5, 0.6) is 5.75 Å². The zero-order chi connectivity index (χ0) is 15.2. The number of halogens is 1. The quantitative estimate of drug-likeness (QED) is 0.830. The Morgan fingerprint density at radius 3 is 2.57 bits per heavy atom. The third kappa shape index (κ3) is 5.06. The van der Waals surface area contributed by atoms with E-state index in [0.29, 0.717) is 6.54 Å². The Bertz CT molecular complexity index is 584. The Morgan fingerprint density at radius 2 is 1.86 bits per heavy atom. The van der Waals surface area contributed by atoms with E-state index in [1.165, 1.54) is 0 Å². The molecule has 2 N–H and O–H groups in total. The minimum absolute atomic E-state index is 0.272. The molecule has 21 heavy (non-hydrogen) atoms. The molecule has 1 unspecified atom stereocenters. The lowest BCUT2D eigenvalue weighted by atomic mass is 10.1. The van der Waals surface area contributed by atoms with Gasteiger partial charge >= 0.3 is 0 Å². The fraction of sp³-hybridized carbons (Fsp3) is 0.294. The van der Waals surface area contributed by atoms with Crippen LogP contribution in [0, 0.1) is 13.8 Å². The highest BCUT2D eigenvalue weighted by atomic mass is 79.9. The SMILES string of the molecule is Cc1ccc(C)c(OCC(O)CNc2ccc(Br)cc2)c1. The number of benzene rings is 2. The van der Waals surface area contributed by atoms with Crippen molar-refractivity contribution >= 4 is 21.6 Å². The summed E-state index contributed by atoms with van der Waals surface area (Å²) in [7, 11) is 0. The van der Waals surface area contributed by atoms with Crippen LogP contribution in [-0.4, -0.2) is 24.4 Å². The molecule has 0 aliphatic heterocycles. The molecule has 0 heterocycles. The molecule has 0 amide bonds. The van der Waals surface area contributed by atoms with Crippen LogP contribution in [-0.2, 0) is 0 Å². The van der Waals surface area contributed by atoms with E-state index in [-0.39, 0.29) is 6.61 Å². The first-order chi connectivity index (χ1) is 10.0. The maximum absolute atomic E-state index is 9.99. The maximum atomic E-state index is 9.99. The van der Waals surface area contributed by atoms with Gasteiger partial charge in [-0.3, -0.25) is 0 Å². The van der Waals surface area contributed by atoms with Crippen molar-refractivity contribution < 1.29 is 9.84 Å². The van der Waals surface area contributed by atoms with Crippen molar-refractivity contribution in [3.05, 3.63) is 58.1 Å². The molecule has 2 aromatic rings. The number of rotatable bonds is 6. The Kier molecular flexibility index (Phi) is 5.65. The zero-order valence-electron chi connectivity index (χ0n) is 12.3. The minimum Gasteiger partial charge on any atom is -0.491 e. The van der Waals surface area contributed by atoms with E-state index in [4.69, 9.17) is 4.74 Å². The molecule has 0 aliphatic carbocycles. The summed E-state index contributed by atoms with van der Waals surface area (Å²) in [4.78, 5) is 0. The molecule has 112 valence electrons. The average Bonchev–Trinajstić information content (AvgIpc) is 2.47. The van der Waals surface area contributed by atoms with Crippen LogP contribution in [0.2, 0.25) is 0 Å². The lowest BCUT2D eigenvalue weighted by Crippen LogP contribution is -2.26. The highest BCUT2D eigenvalue weighted by Crippen LogP contribution is 2.19. The number of aliphatic hydroxyl groups excluding tert-OH is 1. The molecular formula is C17H20BrNO2. The summed E-state index contributed by atoms with van der Waals surface area (Å²) in [6, 6.07) is 13.9. The Labute approximate surface area is 134 Å². The third-order valence-corrected chi connectivity index (χ3v) is 3.69. The monoisotopic (exact) mass is 349 g/mol. The first-order valence-corrected chi connectivity index (χ1v) is 7.71. The number of ether oxygens (including phenoxy) is 1. The second-order valence-electron chi connectivity index (χ2n) is 5.12. The predicted molar refractivity (Wildman–Crippen MR) is 90.0 cm³/mol. The zero-order valence-corrected chi connectivity index (χ0v) is 13.9. The molecule has 0 spiro atoms. The van der Waals surface area contributed by atoms with Crippen molar-refractivity contribution in [2.24, 2.45) is 0 Å². The fourth-order valence-corrected chi connectivity index (χ4v) is 2.18. The number of hydrogen-bond acceptors (Lipinski definition) is 3. The lowest BCUT2D eigenvalue weighted by Gasteiger charge is -2.15. The molecular weight excluding hydrogens is 330 g/mol. The number of nitrogens with one attached hydrogen (secondary N) is 1. The van der Waals surface area contributed by atoms with Crippen LogP contribution >= 0.6 is 15.9 Å². The van der Waals surface area contributed by atoms with Crippen LogP contribution in [0.3, 0.4) is 0 Å². The first kappa shape index (κ1) is 15.9. The fourth-order valence-electron chi connectivity index (χ4n) is 1.91. The van der Waals surface area contributed by atoms with Crippen LogP contribution in [0.15, 0.2) is 46.9 Å². The summed E-state index contributed by atoms with van der Waals surface area (Å²) < 4.78 is 6.72. The van der Waals surface area contributed by atoms with Gasteiger partial charge in [0.25, 0.3) is 0 Å². The van der Waals surface area contributed by atoms with E-state index < -0.39 is 6.10 Å². The molecule has 2 aromatic carbocycles. The van der Waals surface area contributed by atoms with Gasteiger partial charge in [0, 0.05) is 16.7 Å². The van der Waals surface area contributed by atoms with Gasteiger partial charge in [-0.25, -0.2) is 0 Å². The molecule has 0 aliphatic rings. The molecule has 0 bridgehead atoms. The summed E-state index contributed by atoms with van der Waals surface area (Å²) in [6.07, 6.45) is -0.562. The first-order valence-electron chi connectivity index (χ1n) is 6.92. The van der Waals surface area contributed by atoms with Gasteiger partial charge in [0.15, 0.2) is 0 Å². The minimum atomic E-state index is -0.562. The molecule has 2 rings (SSSR count). The largest absolute Gasteiger partial charge is 0.491 e. The third-order valence-electron chi connectivity index (χ3n) is 3.16. The number of aliphatic hydroxyl groups is 1. The van der Waals surface area contributed by atoms with E-state index >= 15 is 0 Å². The van der Waals surface area contributed by atoms with Gasteiger partial charge in [-0.1, -0.05) is 28.1 Å². The highest BCUT2D eigenvalue weighted by molar-refractivity contribution is 9.10. The van der Waals surface area contributed by atoms with Crippen molar-refractivity contribution in [2.75, 3.05) is 18.5 Å². The molecule has 0 radical (unpaired) electrons. The van der Waals surface area contributed by atoms with Gasteiger partial charge in [0.2, 0.25) is 0 Å². The van der Waals surface area contributed by atoms with Gasteiger partial charge < -0.3 is 15.2 Å². The number of aryl methyl sites for hydroxylation is 2. The molecule has 3 nitrogen and oxygen atoms in total. The van der Waals surface area contributed by atoms with Crippen molar-refractivity contribution in [3.63, 3.8) is 0 Å². The summed E-state index contributed by atoms with van der Waals surface area (Å²) in [6.45, 7) is 4.75. The van der Waals surface area contributed by atoms with Crippen molar-refractivity contribution in [1.82, 2.24) is 0 Å². The number of anilines is 1. The van der Waals surface area contributed by atoms with Crippen molar-refractivity contribution in [1.29, 1.82) is 0 Å². The second kappa shape index (κ2) is 7.48. The predicted octanol–water partition coefficient (Wildman–Crippen LogP) is 3.92. The van der Waals surface area contributed by atoms with Crippen molar-refractivity contribution in [2.45, 2.75) is 20.0 Å². The molecule has 0 saturated heterocycles. The standard InChI is InChI=1S/C17H20BrNO2/c1-12-3-4-13(2)17(9-12)21-11-16(20)10-19-15-7-5-14(18)6-8-15/h3-9,16,19-20H,10-11H2,1-2H3. The van der Waals surface area contributed by atoms with Crippen LogP contribution in [0.1, 0.15) is 11.1 Å². The van der Waals surface area contributed by atoms with Gasteiger partial charge in [0.1, 0.15) is 18.5 Å². The summed E-state index contributed by atoms with van der Waals surface area (Å²) >= 11 is 3.39. The van der Waals surface area contributed by atoms with Crippen LogP contribution in [0.25, 0.3) is 0 Å². The van der Waals surface area contributed by atoms with Gasteiger partial charge in [-0.15, -0.1) is 0 Å². The topological polar surface area (TPSA) is 41.5 Å². The van der Waals surface area contributed by atoms with Crippen molar-refractivity contribution in [3.8, 4) is 5.75 Å². The van der Waals surface area contributed by atoms with Crippen LogP contribution in [0.4, 0.5) is 5.69 Å². The summed E-state index contributed by atoms with van der Waals surface area (Å²) in [5.41, 5.74) is 3.20. The second-order valence-corrected chi connectivity index (χ2v) is 6.04. The molecule has 0 saturated carbocycles. The Hall–Kier alpha value is -1.52. The van der Waals surface area contributed by atoms with Gasteiger partial charge in [-0.2, -0.15) is 0 Å². The van der Waals surface area contributed by atoms with Crippen LogP contribution < -0.4 is 10.1 Å². The summed E-state index contributed by atoms with van der Waals surface area (Å²) in [5, 5.41) is 13.2. The molecule has 0 fully saturated rings. The normalized spacial score (nSPS) is 12.0. The average molecular weight is 350 g/mol.